The van der Waals surface area contributed by atoms with Crippen molar-refractivity contribution in [2.24, 2.45) is 0 Å². The number of fused-ring (bicyclic) bond motifs is 1. The summed E-state index contributed by atoms with van der Waals surface area (Å²) in [5.74, 6) is 1.07. The molecule has 3 heterocycles. The Balaban J connectivity index is 1.64. The lowest BCUT2D eigenvalue weighted by Crippen LogP contribution is -2.48. The van der Waals surface area contributed by atoms with Gasteiger partial charge in [0.1, 0.15) is 11.3 Å². The molecule has 2 amide bonds. The summed E-state index contributed by atoms with van der Waals surface area (Å²) in [7, 11) is 1.66. The van der Waals surface area contributed by atoms with Gasteiger partial charge in [-0.15, -0.1) is 0 Å². The minimum Gasteiger partial charge on any atom is -0.464 e. The molecule has 132 valence electrons. The van der Waals surface area contributed by atoms with Crippen molar-refractivity contribution in [2.75, 3.05) is 7.05 Å². The van der Waals surface area contributed by atoms with E-state index in [1.807, 2.05) is 12.1 Å². The van der Waals surface area contributed by atoms with Crippen LogP contribution in [0.1, 0.15) is 12.5 Å². The number of aliphatic hydroxyl groups excluding tert-OH is 1. The molecular formula is C19H17N3O4. The van der Waals surface area contributed by atoms with Gasteiger partial charge < -0.3 is 19.6 Å². The minimum absolute atomic E-state index is 0.353. The Hall–Kier alpha value is -3.32. The molecule has 4 rings (SSSR count). The zero-order valence-corrected chi connectivity index (χ0v) is 14.3. The zero-order chi connectivity index (χ0) is 18.3. The summed E-state index contributed by atoms with van der Waals surface area (Å²) in [4.78, 5) is 17.6. The van der Waals surface area contributed by atoms with Crippen molar-refractivity contribution in [3.05, 3.63) is 60.0 Å². The Kier molecular flexibility index (Phi) is 3.85. The SMILES string of the molecule is CC1=C(c2ccc(Oc3nccc4occc34)cc2)N(C)C(=O)NC1O. The van der Waals surface area contributed by atoms with Crippen LogP contribution in [0.25, 0.3) is 16.7 Å². The number of ether oxygens (including phenoxy) is 1. The molecule has 7 heteroatoms. The molecule has 0 saturated heterocycles. The number of nitrogens with zero attached hydrogens (tertiary/aromatic N) is 2. The van der Waals surface area contributed by atoms with Crippen molar-refractivity contribution in [1.82, 2.24) is 15.2 Å². The maximum Gasteiger partial charge on any atom is 0.323 e. The van der Waals surface area contributed by atoms with Crippen LogP contribution in [0.4, 0.5) is 4.79 Å². The molecule has 1 aliphatic rings. The largest absolute Gasteiger partial charge is 0.464 e. The van der Waals surface area contributed by atoms with E-state index in [4.69, 9.17) is 9.15 Å². The topological polar surface area (TPSA) is 87.8 Å². The second kappa shape index (κ2) is 6.20. The van der Waals surface area contributed by atoms with E-state index in [0.29, 0.717) is 28.5 Å². The number of hydrogen-bond donors (Lipinski definition) is 2. The van der Waals surface area contributed by atoms with Crippen LogP contribution in [0.5, 0.6) is 11.6 Å². The Morgan fingerprint density at radius 2 is 2.00 bits per heavy atom. The number of aliphatic hydroxyl groups is 1. The third kappa shape index (κ3) is 2.68. The van der Waals surface area contributed by atoms with Crippen LogP contribution in [0.3, 0.4) is 0 Å². The van der Waals surface area contributed by atoms with Crippen molar-refractivity contribution in [1.29, 1.82) is 0 Å². The number of carbonyl (C=O) groups excluding carboxylic acids is 1. The van der Waals surface area contributed by atoms with Crippen molar-refractivity contribution in [3.63, 3.8) is 0 Å². The maximum atomic E-state index is 11.9. The van der Waals surface area contributed by atoms with Crippen molar-refractivity contribution in [3.8, 4) is 11.6 Å². The molecule has 2 aromatic heterocycles. The summed E-state index contributed by atoms with van der Waals surface area (Å²) in [6, 6.07) is 10.5. The van der Waals surface area contributed by atoms with Crippen molar-refractivity contribution >= 4 is 22.7 Å². The number of amides is 2. The van der Waals surface area contributed by atoms with Gasteiger partial charge in [-0.2, -0.15) is 0 Å². The number of carbonyl (C=O) groups is 1. The molecule has 1 atom stereocenters. The van der Waals surface area contributed by atoms with Gasteiger partial charge in [0, 0.05) is 13.2 Å². The van der Waals surface area contributed by atoms with Gasteiger partial charge in [-0.1, -0.05) is 0 Å². The zero-order valence-electron chi connectivity index (χ0n) is 14.3. The van der Waals surface area contributed by atoms with E-state index in [1.165, 1.54) is 4.90 Å². The second-order valence-corrected chi connectivity index (χ2v) is 6.02. The molecule has 7 nitrogen and oxygen atoms in total. The highest BCUT2D eigenvalue weighted by molar-refractivity contribution is 5.89. The molecule has 0 radical (unpaired) electrons. The predicted molar refractivity (Wildman–Crippen MR) is 95.4 cm³/mol. The molecule has 2 N–H and O–H groups in total. The van der Waals surface area contributed by atoms with Crippen LogP contribution in [0.15, 0.2) is 58.8 Å². The molecule has 0 spiro atoms. The first-order valence-corrected chi connectivity index (χ1v) is 8.08. The van der Waals surface area contributed by atoms with Gasteiger partial charge >= 0.3 is 6.03 Å². The monoisotopic (exact) mass is 351 g/mol. The quantitative estimate of drug-likeness (QED) is 0.756. The van der Waals surface area contributed by atoms with E-state index in [0.717, 1.165) is 10.9 Å². The number of rotatable bonds is 3. The fraction of sp³-hybridized carbons (Fsp3) is 0.158. The number of furan rings is 1. The first kappa shape index (κ1) is 16.2. The summed E-state index contributed by atoms with van der Waals surface area (Å²) in [6.45, 7) is 1.78. The summed E-state index contributed by atoms with van der Waals surface area (Å²) >= 11 is 0. The molecule has 0 saturated carbocycles. The Morgan fingerprint density at radius 3 is 2.77 bits per heavy atom. The summed E-state index contributed by atoms with van der Waals surface area (Å²) < 4.78 is 11.2. The summed E-state index contributed by atoms with van der Waals surface area (Å²) in [5.41, 5.74) is 2.85. The number of pyridine rings is 1. The van der Waals surface area contributed by atoms with E-state index < -0.39 is 6.23 Å². The molecule has 1 aliphatic heterocycles. The first-order valence-electron chi connectivity index (χ1n) is 8.08. The number of hydrogen-bond acceptors (Lipinski definition) is 5. The predicted octanol–water partition coefficient (Wildman–Crippen LogP) is 3.32. The van der Waals surface area contributed by atoms with Gasteiger partial charge in [-0.05, 0) is 54.5 Å². The highest BCUT2D eigenvalue weighted by atomic mass is 16.5. The average Bonchev–Trinajstić information content (AvgIpc) is 3.11. The normalized spacial score (nSPS) is 17.6. The van der Waals surface area contributed by atoms with E-state index in [2.05, 4.69) is 10.3 Å². The van der Waals surface area contributed by atoms with Gasteiger partial charge in [0.15, 0.2) is 6.23 Å². The number of benzene rings is 1. The van der Waals surface area contributed by atoms with Crippen molar-refractivity contribution in [2.45, 2.75) is 13.2 Å². The lowest BCUT2D eigenvalue weighted by Gasteiger charge is -2.31. The second-order valence-electron chi connectivity index (χ2n) is 6.02. The van der Waals surface area contributed by atoms with Gasteiger partial charge in [0.05, 0.1) is 17.3 Å². The number of nitrogens with one attached hydrogen (secondary N) is 1. The van der Waals surface area contributed by atoms with E-state index in [-0.39, 0.29) is 6.03 Å². The van der Waals surface area contributed by atoms with E-state index >= 15 is 0 Å². The Bertz CT molecular complexity index is 1010. The standard InChI is InChI=1S/C19H17N3O4/c1-11-16(22(2)19(24)21-17(11)23)12-3-5-13(6-4-12)26-18-14-8-10-25-15(14)7-9-20-18/h3-10,17,23H,1-2H3,(H,21,24). The van der Waals surface area contributed by atoms with E-state index in [9.17, 15) is 9.90 Å². The third-order valence-electron chi connectivity index (χ3n) is 4.37. The molecule has 1 unspecified atom stereocenters. The Labute approximate surface area is 149 Å². The van der Waals surface area contributed by atoms with Crippen molar-refractivity contribution < 1.29 is 19.1 Å². The molecular weight excluding hydrogens is 334 g/mol. The van der Waals surface area contributed by atoms with Gasteiger partial charge in [0.25, 0.3) is 0 Å². The van der Waals surface area contributed by atoms with Gasteiger partial charge in [0.2, 0.25) is 5.88 Å². The van der Waals surface area contributed by atoms with Crippen LogP contribution in [0, 0.1) is 0 Å². The van der Waals surface area contributed by atoms with E-state index in [1.54, 1.807) is 50.7 Å². The highest BCUT2D eigenvalue weighted by Crippen LogP contribution is 2.31. The van der Waals surface area contributed by atoms with Gasteiger partial charge in [-0.3, -0.25) is 4.90 Å². The third-order valence-corrected chi connectivity index (χ3v) is 4.37. The highest BCUT2D eigenvalue weighted by Gasteiger charge is 2.27. The average molecular weight is 351 g/mol. The lowest BCUT2D eigenvalue weighted by molar-refractivity contribution is 0.152. The minimum atomic E-state index is -0.993. The molecule has 3 aromatic rings. The Morgan fingerprint density at radius 1 is 1.23 bits per heavy atom. The maximum absolute atomic E-state index is 11.9. The van der Waals surface area contributed by atoms with Crippen LogP contribution in [0.2, 0.25) is 0 Å². The fourth-order valence-electron chi connectivity index (χ4n) is 2.98. The van der Waals surface area contributed by atoms with Crippen LogP contribution < -0.4 is 10.1 Å². The summed E-state index contributed by atoms with van der Waals surface area (Å²) in [6.07, 6.45) is 2.22. The van der Waals surface area contributed by atoms with Crippen LogP contribution in [-0.4, -0.2) is 34.3 Å². The molecule has 0 aliphatic carbocycles. The summed E-state index contributed by atoms with van der Waals surface area (Å²) in [5, 5.41) is 13.2. The molecule has 0 fully saturated rings. The molecule has 26 heavy (non-hydrogen) atoms. The first-order chi connectivity index (χ1) is 12.5. The number of urea groups is 1. The molecule has 1 aromatic carbocycles. The fourth-order valence-corrected chi connectivity index (χ4v) is 2.98. The van der Waals surface area contributed by atoms with Crippen LogP contribution in [-0.2, 0) is 0 Å². The number of aromatic nitrogens is 1. The smallest absolute Gasteiger partial charge is 0.323 e. The van der Waals surface area contributed by atoms with Crippen LogP contribution >= 0.6 is 0 Å². The lowest BCUT2D eigenvalue weighted by atomic mass is 10.0. The van der Waals surface area contributed by atoms with Gasteiger partial charge in [-0.25, -0.2) is 9.78 Å². The molecule has 0 bridgehead atoms.